The van der Waals surface area contributed by atoms with E-state index in [1.165, 1.54) is 7.11 Å². The van der Waals surface area contributed by atoms with Crippen molar-refractivity contribution in [2.45, 2.75) is 39.7 Å². The summed E-state index contributed by atoms with van der Waals surface area (Å²) in [5.74, 6) is -0.344. The fraction of sp³-hybridized carbons (Fsp3) is 0.533. The predicted octanol–water partition coefficient (Wildman–Crippen LogP) is 1.64. The monoisotopic (exact) mass is 278 g/mol. The molecule has 0 saturated carbocycles. The van der Waals surface area contributed by atoms with Gasteiger partial charge in [0.1, 0.15) is 6.04 Å². The van der Waals surface area contributed by atoms with E-state index in [0.717, 1.165) is 11.3 Å². The number of carbonyl (C=O) groups is 2. The van der Waals surface area contributed by atoms with Gasteiger partial charge in [-0.3, -0.25) is 9.78 Å². The van der Waals surface area contributed by atoms with Crippen LogP contribution in [0.1, 0.15) is 31.5 Å². The molecule has 0 bridgehead atoms. The van der Waals surface area contributed by atoms with Gasteiger partial charge in [0, 0.05) is 6.20 Å². The van der Waals surface area contributed by atoms with Crippen LogP contribution < -0.4 is 5.32 Å². The quantitative estimate of drug-likeness (QED) is 0.803. The zero-order valence-electron chi connectivity index (χ0n) is 12.5. The molecule has 5 nitrogen and oxygen atoms in total. The van der Waals surface area contributed by atoms with Gasteiger partial charge in [-0.05, 0) is 30.9 Å². The van der Waals surface area contributed by atoms with Gasteiger partial charge >= 0.3 is 5.97 Å². The third-order valence-electron chi connectivity index (χ3n) is 2.97. The molecule has 1 atom stereocenters. The maximum atomic E-state index is 12.0. The number of rotatable bonds is 6. The number of ether oxygens (including phenoxy) is 1. The largest absolute Gasteiger partial charge is 0.467 e. The van der Waals surface area contributed by atoms with Crippen LogP contribution in [0, 0.1) is 12.8 Å². The third-order valence-corrected chi connectivity index (χ3v) is 2.97. The molecule has 0 aromatic carbocycles. The Morgan fingerprint density at radius 3 is 2.65 bits per heavy atom. The van der Waals surface area contributed by atoms with Crippen molar-refractivity contribution in [3.8, 4) is 0 Å². The molecule has 0 aliphatic heterocycles. The third kappa shape index (κ3) is 4.99. The molecule has 1 aromatic rings. The van der Waals surface area contributed by atoms with E-state index in [0.29, 0.717) is 6.42 Å². The molecule has 0 aliphatic rings. The molecule has 0 fully saturated rings. The summed E-state index contributed by atoms with van der Waals surface area (Å²) in [7, 11) is 1.32. The lowest BCUT2D eigenvalue weighted by Crippen LogP contribution is -2.43. The van der Waals surface area contributed by atoms with Crippen LogP contribution in [0.25, 0.3) is 0 Å². The number of nitrogens with one attached hydrogen (secondary N) is 1. The van der Waals surface area contributed by atoms with Gasteiger partial charge in [-0.2, -0.15) is 0 Å². The Labute approximate surface area is 119 Å². The topological polar surface area (TPSA) is 68.3 Å². The van der Waals surface area contributed by atoms with Crippen LogP contribution in [0.15, 0.2) is 18.3 Å². The molecule has 1 amide bonds. The van der Waals surface area contributed by atoms with Gasteiger partial charge in [-0.1, -0.05) is 19.9 Å². The lowest BCUT2D eigenvalue weighted by atomic mass is 10.0. The summed E-state index contributed by atoms with van der Waals surface area (Å²) < 4.78 is 4.72. The van der Waals surface area contributed by atoms with Crippen molar-refractivity contribution in [3.05, 3.63) is 29.6 Å². The molecular formula is C15H22N2O3. The van der Waals surface area contributed by atoms with E-state index in [1.807, 2.05) is 32.9 Å². The van der Waals surface area contributed by atoms with Gasteiger partial charge < -0.3 is 10.1 Å². The number of aryl methyl sites for hydroxylation is 1. The summed E-state index contributed by atoms with van der Waals surface area (Å²) in [6.45, 7) is 5.89. The summed E-state index contributed by atoms with van der Waals surface area (Å²) in [4.78, 5) is 27.8. The van der Waals surface area contributed by atoms with Crippen LogP contribution in [-0.2, 0) is 20.7 Å². The van der Waals surface area contributed by atoms with Crippen LogP contribution in [0.4, 0.5) is 0 Å². The minimum atomic E-state index is -0.600. The first-order valence-electron chi connectivity index (χ1n) is 6.71. The van der Waals surface area contributed by atoms with Gasteiger partial charge in [0.25, 0.3) is 0 Å². The van der Waals surface area contributed by atoms with Crippen molar-refractivity contribution in [1.29, 1.82) is 0 Å². The first-order valence-corrected chi connectivity index (χ1v) is 6.71. The number of hydrogen-bond donors (Lipinski definition) is 1. The van der Waals surface area contributed by atoms with E-state index in [-0.39, 0.29) is 18.2 Å². The number of esters is 1. The first-order chi connectivity index (χ1) is 9.43. The van der Waals surface area contributed by atoms with Gasteiger partial charge in [0.05, 0.1) is 19.2 Å². The fourth-order valence-electron chi connectivity index (χ4n) is 1.93. The van der Waals surface area contributed by atoms with Crippen molar-refractivity contribution in [3.63, 3.8) is 0 Å². The second-order valence-electron chi connectivity index (χ2n) is 5.22. The maximum Gasteiger partial charge on any atom is 0.328 e. The van der Waals surface area contributed by atoms with Crippen molar-refractivity contribution >= 4 is 11.9 Å². The Morgan fingerprint density at radius 1 is 1.40 bits per heavy atom. The highest BCUT2D eigenvalue weighted by molar-refractivity contribution is 5.85. The lowest BCUT2D eigenvalue weighted by molar-refractivity contribution is -0.145. The maximum absolute atomic E-state index is 12.0. The normalized spacial score (nSPS) is 12.1. The zero-order chi connectivity index (χ0) is 15.1. The van der Waals surface area contributed by atoms with Crippen molar-refractivity contribution in [2.75, 3.05) is 7.11 Å². The summed E-state index contributed by atoms with van der Waals surface area (Å²) in [5, 5.41) is 2.72. The molecule has 5 heteroatoms. The second-order valence-corrected chi connectivity index (χ2v) is 5.22. The highest BCUT2D eigenvalue weighted by Crippen LogP contribution is 2.08. The van der Waals surface area contributed by atoms with E-state index >= 15 is 0 Å². The Kier molecular flexibility index (Phi) is 6.15. The smallest absolute Gasteiger partial charge is 0.328 e. The number of amides is 1. The van der Waals surface area contributed by atoms with E-state index in [9.17, 15) is 9.59 Å². The highest BCUT2D eigenvalue weighted by Gasteiger charge is 2.22. The predicted molar refractivity (Wildman–Crippen MR) is 76.1 cm³/mol. The number of aromatic nitrogens is 1. The van der Waals surface area contributed by atoms with Gasteiger partial charge in [-0.25, -0.2) is 4.79 Å². The molecule has 0 radical (unpaired) electrons. The molecule has 1 rings (SSSR count). The summed E-state index contributed by atoms with van der Waals surface area (Å²) in [6.07, 6.45) is 2.37. The average molecular weight is 278 g/mol. The van der Waals surface area contributed by atoms with Gasteiger partial charge in [0.15, 0.2) is 0 Å². The fourth-order valence-corrected chi connectivity index (χ4v) is 1.93. The van der Waals surface area contributed by atoms with Crippen LogP contribution in [0.5, 0.6) is 0 Å². The molecular weight excluding hydrogens is 256 g/mol. The number of methoxy groups -OCH3 is 1. The van der Waals surface area contributed by atoms with Crippen LogP contribution in [0.2, 0.25) is 0 Å². The second kappa shape index (κ2) is 7.62. The van der Waals surface area contributed by atoms with Crippen molar-refractivity contribution < 1.29 is 14.3 Å². The molecule has 0 aliphatic carbocycles. The Balaban J connectivity index is 2.66. The molecule has 1 N–H and O–H groups in total. The van der Waals surface area contributed by atoms with Gasteiger partial charge in [-0.15, -0.1) is 0 Å². The van der Waals surface area contributed by atoms with Crippen molar-refractivity contribution in [2.24, 2.45) is 5.92 Å². The number of pyridine rings is 1. The lowest BCUT2D eigenvalue weighted by Gasteiger charge is -2.18. The summed E-state index contributed by atoms with van der Waals surface area (Å²) in [6, 6.07) is 3.13. The molecule has 20 heavy (non-hydrogen) atoms. The highest BCUT2D eigenvalue weighted by atomic mass is 16.5. The SMILES string of the molecule is COC(=O)C(CC(C)C)NC(=O)Cc1ncccc1C. The average Bonchev–Trinajstić information content (AvgIpc) is 2.39. The Hall–Kier alpha value is -1.91. The Morgan fingerprint density at radius 2 is 2.10 bits per heavy atom. The van der Waals surface area contributed by atoms with E-state index in [1.54, 1.807) is 6.20 Å². The van der Waals surface area contributed by atoms with Crippen molar-refractivity contribution in [1.82, 2.24) is 10.3 Å². The molecule has 1 heterocycles. The van der Waals surface area contributed by atoms with Crippen LogP contribution in [0.3, 0.4) is 0 Å². The standard InChI is InChI=1S/C15H22N2O3/c1-10(2)8-13(15(19)20-4)17-14(18)9-12-11(3)6-5-7-16-12/h5-7,10,13H,8-9H2,1-4H3,(H,17,18). The number of nitrogens with zero attached hydrogens (tertiary/aromatic N) is 1. The van der Waals surface area contributed by atoms with Gasteiger partial charge in [0.2, 0.25) is 5.91 Å². The minimum absolute atomic E-state index is 0.165. The molecule has 110 valence electrons. The number of hydrogen-bond acceptors (Lipinski definition) is 4. The molecule has 1 aromatic heterocycles. The molecule has 0 saturated heterocycles. The van der Waals surface area contributed by atoms with E-state index in [2.05, 4.69) is 10.3 Å². The molecule has 0 spiro atoms. The minimum Gasteiger partial charge on any atom is -0.467 e. The van der Waals surface area contributed by atoms with Crippen LogP contribution in [-0.4, -0.2) is 30.0 Å². The summed E-state index contributed by atoms with van der Waals surface area (Å²) >= 11 is 0. The number of carbonyl (C=O) groups excluding carboxylic acids is 2. The first kappa shape index (κ1) is 16.1. The van der Waals surface area contributed by atoms with E-state index in [4.69, 9.17) is 4.74 Å². The van der Waals surface area contributed by atoms with Crippen LogP contribution >= 0.6 is 0 Å². The summed E-state index contributed by atoms with van der Waals surface area (Å²) in [5.41, 5.74) is 1.68. The van der Waals surface area contributed by atoms with E-state index < -0.39 is 12.0 Å². The Bertz CT molecular complexity index is 472. The zero-order valence-corrected chi connectivity index (χ0v) is 12.5. The molecule has 1 unspecified atom stereocenters.